The molecule has 5 heteroatoms. The van der Waals surface area contributed by atoms with Crippen LogP contribution in [0.1, 0.15) is 30.9 Å². The molecule has 0 bridgehead atoms. The van der Waals surface area contributed by atoms with Crippen LogP contribution in [-0.4, -0.2) is 24.2 Å². The maximum Gasteiger partial charge on any atom is 0.220 e. The van der Waals surface area contributed by atoms with Crippen molar-refractivity contribution in [3.05, 3.63) is 65.7 Å². The summed E-state index contributed by atoms with van der Waals surface area (Å²) in [5.74, 6) is 0.637. The van der Waals surface area contributed by atoms with Crippen molar-refractivity contribution >= 4 is 5.91 Å². The first kappa shape index (κ1) is 19.0. The van der Waals surface area contributed by atoms with Crippen LogP contribution in [-0.2, 0) is 16.9 Å². The summed E-state index contributed by atoms with van der Waals surface area (Å²) < 4.78 is 5.12. The molecule has 2 aromatic carbocycles. The van der Waals surface area contributed by atoms with Gasteiger partial charge in [0, 0.05) is 19.0 Å². The second kappa shape index (κ2) is 8.65. The molecule has 1 amide bonds. The Labute approximate surface area is 148 Å². The lowest BCUT2D eigenvalue weighted by molar-refractivity contribution is -0.121. The van der Waals surface area contributed by atoms with E-state index in [1.165, 1.54) is 0 Å². The average Bonchev–Trinajstić information content (AvgIpc) is 2.65. The van der Waals surface area contributed by atoms with Crippen LogP contribution in [0.5, 0.6) is 5.75 Å². The van der Waals surface area contributed by atoms with E-state index >= 15 is 0 Å². The second-order valence-electron chi connectivity index (χ2n) is 6.28. The van der Waals surface area contributed by atoms with Gasteiger partial charge in [0.05, 0.1) is 7.11 Å². The van der Waals surface area contributed by atoms with Crippen LogP contribution >= 0.6 is 0 Å². The van der Waals surface area contributed by atoms with E-state index in [4.69, 9.17) is 10.5 Å². The van der Waals surface area contributed by atoms with Crippen molar-refractivity contribution < 1.29 is 14.6 Å². The molecule has 25 heavy (non-hydrogen) atoms. The minimum absolute atomic E-state index is 0.0789. The lowest BCUT2D eigenvalue weighted by Crippen LogP contribution is -2.43. The van der Waals surface area contributed by atoms with Gasteiger partial charge in [0.1, 0.15) is 11.4 Å². The van der Waals surface area contributed by atoms with E-state index in [-0.39, 0.29) is 12.3 Å². The number of hydrogen-bond donors (Lipinski definition) is 3. The van der Waals surface area contributed by atoms with Gasteiger partial charge in [0.25, 0.3) is 0 Å². The molecule has 2 aromatic rings. The van der Waals surface area contributed by atoms with Gasteiger partial charge in [-0.3, -0.25) is 4.79 Å². The molecular formula is C20H26N2O3. The Hall–Kier alpha value is -2.37. The van der Waals surface area contributed by atoms with Crippen LogP contribution < -0.4 is 15.8 Å². The van der Waals surface area contributed by atoms with Gasteiger partial charge in [0.15, 0.2) is 0 Å². The summed E-state index contributed by atoms with van der Waals surface area (Å²) in [5.41, 5.74) is 6.68. The van der Waals surface area contributed by atoms with Crippen LogP contribution in [0.4, 0.5) is 0 Å². The highest BCUT2D eigenvalue weighted by Crippen LogP contribution is 2.27. The number of hydrogen-bond acceptors (Lipinski definition) is 4. The van der Waals surface area contributed by atoms with Crippen molar-refractivity contribution in [1.82, 2.24) is 5.32 Å². The molecule has 0 fully saturated rings. The number of methoxy groups -OCH3 is 1. The van der Waals surface area contributed by atoms with Gasteiger partial charge in [-0.25, -0.2) is 0 Å². The molecule has 0 aliphatic carbocycles. The predicted molar refractivity (Wildman–Crippen MR) is 98.1 cm³/mol. The molecule has 0 spiro atoms. The fourth-order valence-electron chi connectivity index (χ4n) is 2.60. The Kier molecular flexibility index (Phi) is 6.56. The molecule has 0 aliphatic heterocycles. The lowest BCUT2D eigenvalue weighted by atomic mass is 9.86. The van der Waals surface area contributed by atoms with Crippen molar-refractivity contribution in [3.8, 4) is 5.75 Å². The number of ether oxygens (including phenoxy) is 1. The Morgan fingerprint density at radius 1 is 1.20 bits per heavy atom. The van der Waals surface area contributed by atoms with E-state index in [0.29, 0.717) is 24.3 Å². The molecule has 2 rings (SSSR count). The van der Waals surface area contributed by atoms with Gasteiger partial charge in [-0.15, -0.1) is 0 Å². The second-order valence-corrected chi connectivity index (χ2v) is 6.28. The van der Waals surface area contributed by atoms with E-state index in [9.17, 15) is 9.90 Å². The summed E-state index contributed by atoms with van der Waals surface area (Å²) in [7, 11) is 1.59. The van der Waals surface area contributed by atoms with Gasteiger partial charge in [-0.1, -0.05) is 42.5 Å². The molecule has 4 N–H and O–H groups in total. The number of aliphatic hydroxyl groups is 1. The van der Waals surface area contributed by atoms with Gasteiger partial charge < -0.3 is 20.9 Å². The van der Waals surface area contributed by atoms with E-state index < -0.39 is 11.6 Å². The summed E-state index contributed by atoms with van der Waals surface area (Å²) in [6, 6.07) is 16.3. The SMILES string of the molecule is COc1ccc(C(C)(O)C(N)CCC(=O)NCc2ccccc2)cc1. The van der Waals surface area contributed by atoms with Crippen molar-refractivity contribution in [2.24, 2.45) is 5.73 Å². The number of nitrogens with two attached hydrogens (primary N) is 1. The topological polar surface area (TPSA) is 84.6 Å². The number of benzene rings is 2. The maximum atomic E-state index is 12.0. The van der Waals surface area contributed by atoms with Gasteiger partial charge in [0.2, 0.25) is 5.91 Å². The molecule has 5 nitrogen and oxygen atoms in total. The molecule has 0 radical (unpaired) electrons. The van der Waals surface area contributed by atoms with Crippen molar-refractivity contribution in [3.63, 3.8) is 0 Å². The first-order valence-electron chi connectivity index (χ1n) is 8.36. The average molecular weight is 342 g/mol. The van der Waals surface area contributed by atoms with Gasteiger partial charge >= 0.3 is 0 Å². The Bertz CT molecular complexity index is 669. The molecule has 134 valence electrons. The molecule has 2 atom stereocenters. The number of carbonyl (C=O) groups excluding carboxylic acids is 1. The van der Waals surface area contributed by atoms with E-state index in [2.05, 4.69) is 5.32 Å². The zero-order valence-electron chi connectivity index (χ0n) is 14.7. The summed E-state index contributed by atoms with van der Waals surface area (Å²) in [4.78, 5) is 12.0. The first-order valence-corrected chi connectivity index (χ1v) is 8.36. The third-order valence-electron chi connectivity index (χ3n) is 4.41. The van der Waals surface area contributed by atoms with Crippen molar-refractivity contribution in [2.75, 3.05) is 7.11 Å². The Balaban J connectivity index is 1.85. The normalized spacial score (nSPS) is 14.4. The summed E-state index contributed by atoms with van der Waals surface area (Å²) in [5, 5.41) is 13.6. The molecule has 0 saturated carbocycles. The third-order valence-corrected chi connectivity index (χ3v) is 4.41. The first-order chi connectivity index (χ1) is 11.9. The summed E-state index contributed by atoms with van der Waals surface area (Å²) >= 11 is 0. The highest BCUT2D eigenvalue weighted by atomic mass is 16.5. The van der Waals surface area contributed by atoms with E-state index in [1.807, 2.05) is 30.3 Å². The van der Waals surface area contributed by atoms with Crippen LogP contribution in [0.2, 0.25) is 0 Å². The summed E-state index contributed by atoms with van der Waals surface area (Å²) in [6.07, 6.45) is 0.653. The molecule has 0 saturated heterocycles. The monoisotopic (exact) mass is 342 g/mol. The summed E-state index contributed by atoms with van der Waals surface area (Å²) in [6.45, 7) is 2.16. The van der Waals surface area contributed by atoms with Crippen LogP contribution in [0, 0.1) is 0 Å². The van der Waals surface area contributed by atoms with Crippen LogP contribution in [0.25, 0.3) is 0 Å². The molecule has 0 aromatic heterocycles. The number of rotatable bonds is 8. The Morgan fingerprint density at radius 3 is 2.44 bits per heavy atom. The maximum absolute atomic E-state index is 12.0. The van der Waals surface area contributed by atoms with Crippen LogP contribution in [0.15, 0.2) is 54.6 Å². The fourth-order valence-corrected chi connectivity index (χ4v) is 2.60. The zero-order valence-corrected chi connectivity index (χ0v) is 14.7. The number of carbonyl (C=O) groups is 1. The highest BCUT2D eigenvalue weighted by molar-refractivity contribution is 5.75. The zero-order chi connectivity index (χ0) is 18.3. The number of amides is 1. The standard InChI is InChI=1S/C20H26N2O3/c1-20(24,16-8-10-17(25-2)11-9-16)18(21)12-13-19(23)22-14-15-6-4-3-5-7-15/h3-11,18,24H,12-14,21H2,1-2H3,(H,22,23). The van der Waals surface area contributed by atoms with Gasteiger partial charge in [-0.2, -0.15) is 0 Å². The third kappa shape index (κ3) is 5.31. The van der Waals surface area contributed by atoms with E-state index in [0.717, 1.165) is 5.56 Å². The largest absolute Gasteiger partial charge is 0.497 e. The minimum atomic E-state index is -1.22. The number of nitrogens with one attached hydrogen (secondary N) is 1. The molecular weight excluding hydrogens is 316 g/mol. The smallest absolute Gasteiger partial charge is 0.220 e. The molecule has 2 unspecified atom stereocenters. The minimum Gasteiger partial charge on any atom is -0.497 e. The molecule has 0 heterocycles. The lowest BCUT2D eigenvalue weighted by Gasteiger charge is -2.30. The van der Waals surface area contributed by atoms with Crippen molar-refractivity contribution in [2.45, 2.75) is 38.0 Å². The van der Waals surface area contributed by atoms with Crippen molar-refractivity contribution in [1.29, 1.82) is 0 Å². The quantitative estimate of drug-likeness (QED) is 0.687. The highest BCUT2D eigenvalue weighted by Gasteiger charge is 2.31. The molecule has 0 aliphatic rings. The Morgan fingerprint density at radius 2 is 1.84 bits per heavy atom. The predicted octanol–water partition coefficient (Wildman–Crippen LogP) is 2.33. The van der Waals surface area contributed by atoms with Crippen LogP contribution in [0.3, 0.4) is 0 Å². The van der Waals surface area contributed by atoms with E-state index in [1.54, 1.807) is 38.3 Å². The van der Waals surface area contributed by atoms with Gasteiger partial charge in [-0.05, 0) is 36.6 Å². The fraction of sp³-hybridized carbons (Fsp3) is 0.350.